The first-order valence-corrected chi connectivity index (χ1v) is 7.18. The number of aromatic nitrogens is 2. The van der Waals surface area contributed by atoms with Crippen molar-refractivity contribution in [2.75, 3.05) is 7.11 Å². The smallest absolute Gasteiger partial charge is 0.123 e. The second kappa shape index (κ2) is 6.75. The fourth-order valence-electron chi connectivity index (χ4n) is 2.18. The van der Waals surface area contributed by atoms with Crippen LogP contribution in [0.4, 0.5) is 0 Å². The van der Waals surface area contributed by atoms with Crippen LogP contribution in [0.5, 0.6) is 11.5 Å². The highest BCUT2D eigenvalue weighted by atomic mass is 16.5. The van der Waals surface area contributed by atoms with Gasteiger partial charge in [0.1, 0.15) is 11.5 Å². The molecule has 1 aromatic carbocycles. The maximum absolute atomic E-state index is 9.65. The lowest BCUT2D eigenvalue weighted by Crippen LogP contribution is -1.86. The Morgan fingerprint density at radius 1 is 0.913 bits per heavy atom. The summed E-state index contributed by atoms with van der Waals surface area (Å²) >= 11 is 0. The number of phenolic OH excluding ortho intramolecular Hbond substituents is 1. The Morgan fingerprint density at radius 2 is 1.74 bits per heavy atom. The van der Waals surface area contributed by atoms with Crippen LogP contribution < -0.4 is 4.74 Å². The highest BCUT2D eigenvalue weighted by molar-refractivity contribution is 5.71. The van der Waals surface area contributed by atoms with Crippen LogP contribution in [-0.4, -0.2) is 22.2 Å². The summed E-state index contributed by atoms with van der Waals surface area (Å²) in [6, 6.07) is 14.8. The third-order valence-corrected chi connectivity index (χ3v) is 3.33. The van der Waals surface area contributed by atoms with Crippen LogP contribution in [0.3, 0.4) is 0 Å². The van der Waals surface area contributed by atoms with E-state index >= 15 is 0 Å². The van der Waals surface area contributed by atoms with Crippen LogP contribution in [0.15, 0.2) is 60.9 Å². The summed E-state index contributed by atoms with van der Waals surface area (Å²) < 4.78 is 5.14. The largest absolute Gasteiger partial charge is 0.508 e. The molecule has 0 aliphatic carbocycles. The van der Waals surface area contributed by atoms with Crippen LogP contribution in [0, 0.1) is 0 Å². The summed E-state index contributed by atoms with van der Waals surface area (Å²) in [4.78, 5) is 8.70. The second-order valence-corrected chi connectivity index (χ2v) is 4.99. The van der Waals surface area contributed by atoms with Crippen molar-refractivity contribution < 1.29 is 9.84 Å². The summed E-state index contributed by atoms with van der Waals surface area (Å²) in [7, 11) is 1.57. The zero-order valence-corrected chi connectivity index (χ0v) is 12.7. The molecule has 0 bridgehead atoms. The number of ether oxygens (including phenoxy) is 1. The Morgan fingerprint density at radius 3 is 2.43 bits per heavy atom. The molecule has 0 atom stereocenters. The molecule has 0 radical (unpaired) electrons. The van der Waals surface area contributed by atoms with Gasteiger partial charge < -0.3 is 9.84 Å². The van der Waals surface area contributed by atoms with E-state index in [1.54, 1.807) is 31.6 Å². The van der Waals surface area contributed by atoms with Gasteiger partial charge in [0.15, 0.2) is 0 Å². The molecule has 4 nitrogen and oxygen atoms in total. The molecular weight excluding hydrogens is 288 g/mol. The van der Waals surface area contributed by atoms with Gasteiger partial charge in [0.05, 0.1) is 18.5 Å². The normalized spacial score (nSPS) is 10.8. The molecule has 1 N–H and O–H groups in total. The summed E-state index contributed by atoms with van der Waals surface area (Å²) in [5.74, 6) is 0.792. The average molecular weight is 304 g/mol. The number of hydrogen-bond acceptors (Lipinski definition) is 4. The first kappa shape index (κ1) is 14.8. The fourth-order valence-corrected chi connectivity index (χ4v) is 2.18. The number of pyridine rings is 2. The van der Waals surface area contributed by atoms with E-state index in [4.69, 9.17) is 4.74 Å². The topological polar surface area (TPSA) is 55.2 Å². The van der Waals surface area contributed by atoms with E-state index in [1.165, 1.54) is 0 Å². The highest BCUT2D eigenvalue weighted by Gasteiger charge is 2.00. The molecule has 23 heavy (non-hydrogen) atoms. The van der Waals surface area contributed by atoms with Gasteiger partial charge in [0.25, 0.3) is 0 Å². The van der Waals surface area contributed by atoms with E-state index in [-0.39, 0.29) is 5.75 Å². The highest BCUT2D eigenvalue weighted by Crippen LogP contribution is 2.23. The molecule has 0 amide bonds. The Hall–Kier alpha value is -3.14. The van der Waals surface area contributed by atoms with Crippen LogP contribution in [0.25, 0.3) is 23.5 Å². The summed E-state index contributed by atoms with van der Waals surface area (Å²) in [6.45, 7) is 0. The minimum Gasteiger partial charge on any atom is -0.508 e. The van der Waals surface area contributed by atoms with Gasteiger partial charge in [-0.15, -0.1) is 0 Å². The number of nitrogens with zero attached hydrogens (tertiary/aromatic N) is 2. The lowest BCUT2D eigenvalue weighted by atomic mass is 10.1. The van der Waals surface area contributed by atoms with Crippen molar-refractivity contribution in [2.45, 2.75) is 0 Å². The number of rotatable bonds is 4. The number of hydrogen-bond donors (Lipinski definition) is 1. The number of phenols is 1. The van der Waals surface area contributed by atoms with Gasteiger partial charge >= 0.3 is 0 Å². The van der Waals surface area contributed by atoms with E-state index in [0.717, 1.165) is 22.5 Å². The zero-order chi connectivity index (χ0) is 16.1. The van der Waals surface area contributed by atoms with Gasteiger partial charge in [-0.05, 0) is 41.5 Å². The molecular formula is C19H16N2O2. The predicted octanol–water partition coefficient (Wildman–Crippen LogP) is 4.03. The van der Waals surface area contributed by atoms with Gasteiger partial charge in [-0.2, -0.15) is 0 Å². The van der Waals surface area contributed by atoms with Crippen LogP contribution in [0.2, 0.25) is 0 Å². The molecule has 3 aromatic rings. The molecule has 0 aliphatic heterocycles. The van der Waals surface area contributed by atoms with Gasteiger partial charge in [0, 0.05) is 18.5 Å². The Labute approximate surface area is 134 Å². The van der Waals surface area contributed by atoms with Crippen molar-refractivity contribution in [1.29, 1.82) is 0 Å². The van der Waals surface area contributed by atoms with Crippen molar-refractivity contribution in [3.8, 4) is 22.9 Å². The minimum absolute atomic E-state index is 0.174. The average Bonchev–Trinajstić information content (AvgIpc) is 2.60. The first-order valence-electron chi connectivity index (χ1n) is 7.18. The fraction of sp³-hybridized carbons (Fsp3) is 0.0526. The van der Waals surface area contributed by atoms with Gasteiger partial charge in [-0.3, -0.25) is 9.97 Å². The molecule has 3 rings (SSSR count). The molecule has 4 heteroatoms. The van der Waals surface area contributed by atoms with Crippen molar-refractivity contribution >= 4 is 12.2 Å². The molecule has 0 saturated heterocycles. The Balaban J connectivity index is 1.79. The van der Waals surface area contributed by atoms with E-state index in [2.05, 4.69) is 9.97 Å². The SMILES string of the molecule is COc1cc(O)cc(/C=C\c2ccc(-c3ccccn3)nc2)c1. The molecule has 0 aliphatic rings. The predicted molar refractivity (Wildman–Crippen MR) is 91.1 cm³/mol. The number of benzene rings is 1. The summed E-state index contributed by atoms with van der Waals surface area (Å²) in [6.07, 6.45) is 7.38. The Bertz CT molecular complexity index is 813. The molecule has 2 aromatic heterocycles. The molecule has 2 heterocycles. The molecule has 0 fully saturated rings. The monoisotopic (exact) mass is 304 g/mol. The van der Waals surface area contributed by atoms with E-state index in [0.29, 0.717) is 5.75 Å². The van der Waals surface area contributed by atoms with E-state index in [9.17, 15) is 5.11 Å². The van der Waals surface area contributed by atoms with Crippen molar-refractivity contribution in [3.63, 3.8) is 0 Å². The maximum Gasteiger partial charge on any atom is 0.123 e. The van der Waals surface area contributed by atoms with Gasteiger partial charge in [0.2, 0.25) is 0 Å². The third-order valence-electron chi connectivity index (χ3n) is 3.33. The maximum atomic E-state index is 9.65. The van der Waals surface area contributed by atoms with Crippen molar-refractivity contribution in [1.82, 2.24) is 9.97 Å². The number of aromatic hydroxyl groups is 1. The van der Waals surface area contributed by atoms with Gasteiger partial charge in [-0.1, -0.05) is 24.3 Å². The van der Waals surface area contributed by atoms with Crippen molar-refractivity contribution in [3.05, 3.63) is 72.1 Å². The lowest BCUT2D eigenvalue weighted by molar-refractivity contribution is 0.407. The minimum atomic E-state index is 0.174. The van der Waals surface area contributed by atoms with E-state index < -0.39 is 0 Å². The molecule has 114 valence electrons. The quantitative estimate of drug-likeness (QED) is 0.790. The molecule has 0 unspecified atom stereocenters. The van der Waals surface area contributed by atoms with Crippen molar-refractivity contribution in [2.24, 2.45) is 0 Å². The molecule has 0 saturated carbocycles. The third kappa shape index (κ3) is 3.74. The van der Waals surface area contributed by atoms with Gasteiger partial charge in [-0.25, -0.2) is 0 Å². The van der Waals surface area contributed by atoms with Crippen LogP contribution in [-0.2, 0) is 0 Å². The standard InChI is InChI=1S/C19H16N2O2/c1-23-17-11-15(10-16(22)12-17)6-5-14-7-8-19(21-13-14)18-4-2-3-9-20-18/h2-13,22H,1H3/b6-5-. The van der Waals surface area contributed by atoms with Crippen LogP contribution in [0.1, 0.15) is 11.1 Å². The zero-order valence-electron chi connectivity index (χ0n) is 12.7. The molecule has 0 spiro atoms. The summed E-state index contributed by atoms with van der Waals surface area (Å²) in [5.41, 5.74) is 3.50. The Kier molecular flexibility index (Phi) is 4.34. The lowest BCUT2D eigenvalue weighted by Gasteiger charge is -2.03. The first-order chi connectivity index (χ1) is 11.2. The number of methoxy groups -OCH3 is 1. The van der Waals surface area contributed by atoms with Crippen LogP contribution >= 0.6 is 0 Å². The second-order valence-electron chi connectivity index (χ2n) is 4.99. The van der Waals surface area contributed by atoms with E-state index in [1.807, 2.05) is 48.6 Å². The summed E-state index contributed by atoms with van der Waals surface area (Å²) in [5, 5.41) is 9.65.